The summed E-state index contributed by atoms with van der Waals surface area (Å²) in [5, 5.41) is 11.3. The fourth-order valence-electron chi connectivity index (χ4n) is 3.37. The molecule has 0 amide bonds. The van der Waals surface area contributed by atoms with Crippen molar-refractivity contribution in [3.05, 3.63) is 54.6 Å². The summed E-state index contributed by atoms with van der Waals surface area (Å²) in [6.07, 6.45) is 1.99. The molecule has 0 saturated carbocycles. The summed E-state index contributed by atoms with van der Waals surface area (Å²) in [6.45, 7) is 3.76. The molecule has 146 valence electrons. The number of fused-ring (bicyclic) bond motifs is 3. The van der Waals surface area contributed by atoms with Gasteiger partial charge in [-0.3, -0.25) is 14.9 Å². The summed E-state index contributed by atoms with van der Waals surface area (Å²) < 4.78 is 10.1. The summed E-state index contributed by atoms with van der Waals surface area (Å²) in [4.78, 5) is 43.7. The first-order chi connectivity index (χ1) is 13.3. The number of nitrogens with one attached hydrogen (secondary N) is 1. The highest BCUT2D eigenvalue weighted by atomic mass is 32.1. The Morgan fingerprint density at radius 1 is 1.50 bits per heavy atom. The number of nitrogens with zero attached hydrogens (tertiary/aromatic N) is 2. The molecule has 0 bridgehead atoms. The van der Waals surface area contributed by atoms with Gasteiger partial charge in [0.15, 0.2) is 11.9 Å². The molecule has 1 N–H and O–H groups in total. The molecule has 3 aromatic heterocycles. The Bertz CT molecular complexity index is 1140. The SMILES string of the molecule is C[C@@H]1CCc2c(sc3nc([C@@H](C)OC(=O)c4ccc([N+](=O)[O-])o4)[nH]c(=O)c23)C1. The third-order valence-electron chi connectivity index (χ3n) is 4.83. The highest BCUT2D eigenvalue weighted by molar-refractivity contribution is 7.18. The second-order valence-electron chi connectivity index (χ2n) is 6.93. The van der Waals surface area contributed by atoms with Crippen LogP contribution in [0.1, 0.15) is 53.2 Å². The number of nitro groups is 1. The predicted octanol–water partition coefficient (Wildman–Crippen LogP) is 3.53. The number of thiophene rings is 1. The van der Waals surface area contributed by atoms with Gasteiger partial charge in [0.1, 0.15) is 9.75 Å². The van der Waals surface area contributed by atoms with Crippen LogP contribution in [0, 0.1) is 16.0 Å². The van der Waals surface area contributed by atoms with Crippen LogP contribution in [0.15, 0.2) is 21.3 Å². The van der Waals surface area contributed by atoms with E-state index in [9.17, 15) is 19.7 Å². The van der Waals surface area contributed by atoms with Crippen LogP contribution in [0.25, 0.3) is 10.2 Å². The summed E-state index contributed by atoms with van der Waals surface area (Å²) in [7, 11) is 0. The molecule has 9 nitrogen and oxygen atoms in total. The molecule has 0 fully saturated rings. The molecule has 0 unspecified atom stereocenters. The number of ether oxygens (including phenoxy) is 1. The van der Waals surface area contributed by atoms with Crippen LogP contribution >= 0.6 is 11.3 Å². The number of aromatic nitrogens is 2. The van der Waals surface area contributed by atoms with Gasteiger partial charge < -0.3 is 14.1 Å². The fraction of sp³-hybridized carbons (Fsp3) is 0.389. The molecule has 10 heteroatoms. The third-order valence-corrected chi connectivity index (χ3v) is 5.97. The average molecular weight is 403 g/mol. The molecule has 0 aliphatic heterocycles. The molecule has 0 saturated heterocycles. The van der Waals surface area contributed by atoms with Gasteiger partial charge in [-0.05, 0) is 43.7 Å². The van der Waals surface area contributed by atoms with Crippen LogP contribution in [-0.4, -0.2) is 20.9 Å². The average Bonchev–Trinajstić information content (AvgIpc) is 3.25. The van der Waals surface area contributed by atoms with Gasteiger partial charge in [0.2, 0.25) is 5.76 Å². The smallest absolute Gasteiger partial charge is 0.433 e. The zero-order valence-electron chi connectivity index (χ0n) is 15.2. The molecular formula is C18H17N3O6S. The van der Waals surface area contributed by atoms with Crippen LogP contribution < -0.4 is 5.56 Å². The molecule has 0 spiro atoms. The molecule has 4 rings (SSSR count). The van der Waals surface area contributed by atoms with Crippen molar-refractivity contribution >= 4 is 33.4 Å². The van der Waals surface area contributed by atoms with Crippen molar-refractivity contribution in [1.82, 2.24) is 9.97 Å². The van der Waals surface area contributed by atoms with Crippen LogP contribution in [0.5, 0.6) is 0 Å². The molecule has 3 heterocycles. The number of aromatic amines is 1. The Hall–Kier alpha value is -3.01. The van der Waals surface area contributed by atoms with Crippen molar-refractivity contribution in [2.45, 2.75) is 39.2 Å². The van der Waals surface area contributed by atoms with Crippen molar-refractivity contribution < 1.29 is 18.9 Å². The Labute approximate surface area is 162 Å². The lowest BCUT2D eigenvalue weighted by atomic mass is 9.89. The van der Waals surface area contributed by atoms with E-state index in [1.807, 2.05) is 0 Å². The van der Waals surface area contributed by atoms with Crippen LogP contribution in [0.3, 0.4) is 0 Å². The van der Waals surface area contributed by atoms with Crippen LogP contribution in [0.4, 0.5) is 5.88 Å². The van der Waals surface area contributed by atoms with Crippen molar-refractivity contribution in [1.29, 1.82) is 0 Å². The number of rotatable bonds is 4. The maximum absolute atomic E-state index is 12.6. The van der Waals surface area contributed by atoms with E-state index in [-0.39, 0.29) is 17.1 Å². The van der Waals surface area contributed by atoms with E-state index in [1.165, 1.54) is 22.3 Å². The monoisotopic (exact) mass is 403 g/mol. The molecule has 1 aliphatic carbocycles. The third kappa shape index (κ3) is 3.19. The summed E-state index contributed by atoms with van der Waals surface area (Å²) in [5.74, 6) is -0.911. The number of furan rings is 1. The lowest BCUT2D eigenvalue weighted by molar-refractivity contribution is -0.402. The van der Waals surface area contributed by atoms with Gasteiger partial charge in [-0.1, -0.05) is 6.92 Å². The van der Waals surface area contributed by atoms with Crippen molar-refractivity contribution in [3.63, 3.8) is 0 Å². The minimum atomic E-state index is -0.873. The first-order valence-electron chi connectivity index (χ1n) is 8.83. The van der Waals surface area contributed by atoms with Crippen molar-refractivity contribution in [2.75, 3.05) is 0 Å². The normalized spacial score (nSPS) is 17.3. The van der Waals surface area contributed by atoms with Gasteiger partial charge in [-0.15, -0.1) is 11.3 Å². The molecule has 1 aliphatic rings. The van der Waals surface area contributed by atoms with E-state index in [4.69, 9.17) is 9.15 Å². The van der Waals surface area contributed by atoms with Gasteiger partial charge in [0, 0.05) is 4.88 Å². The summed E-state index contributed by atoms with van der Waals surface area (Å²) >= 11 is 1.51. The Morgan fingerprint density at radius 3 is 3.00 bits per heavy atom. The van der Waals surface area contributed by atoms with E-state index in [1.54, 1.807) is 6.92 Å². The van der Waals surface area contributed by atoms with Crippen molar-refractivity contribution in [2.24, 2.45) is 5.92 Å². The van der Waals surface area contributed by atoms with Gasteiger partial charge in [-0.2, -0.15) is 0 Å². The lowest BCUT2D eigenvalue weighted by Gasteiger charge is -2.17. The zero-order valence-corrected chi connectivity index (χ0v) is 16.0. The van der Waals surface area contributed by atoms with E-state index in [0.29, 0.717) is 16.1 Å². The quantitative estimate of drug-likeness (QED) is 0.401. The van der Waals surface area contributed by atoms with Crippen molar-refractivity contribution in [3.8, 4) is 0 Å². The van der Waals surface area contributed by atoms with Gasteiger partial charge in [0.05, 0.1) is 11.5 Å². The number of carbonyl (C=O) groups excluding carboxylic acids is 1. The topological polar surface area (TPSA) is 128 Å². The number of aryl methyl sites for hydroxylation is 1. The number of esters is 1. The number of hydrogen-bond acceptors (Lipinski definition) is 8. The van der Waals surface area contributed by atoms with Crippen LogP contribution in [0.2, 0.25) is 0 Å². The first kappa shape index (κ1) is 18.4. The summed E-state index contributed by atoms with van der Waals surface area (Å²) in [5.41, 5.74) is 0.828. The number of hydrogen-bond donors (Lipinski definition) is 1. The van der Waals surface area contributed by atoms with E-state index >= 15 is 0 Å². The van der Waals surface area contributed by atoms with Gasteiger partial charge in [0.25, 0.3) is 5.56 Å². The van der Waals surface area contributed by atoms with E-state index in [0.717, 1.165) is 30.9 Å². The number of carbonyl (C=O) groups is 1. The first-order valence-corrected chi connectivity index (χ1v) is 9.64. The molecule has 2 atom stereocenters. The predicted molar refractivity (Wildman–Crippen MR) is 101 cm³/mol. The minimum absolute atomic E-state index is 0.221. The number of H-pyrrole nitrogens is 1. The summed E-state index contributed by atoms with van der Waals surface area (Å²) in [6, 6.07) is 2.24. The largest absolute Gasteiger partial charge is 0.449 e. The standard InChI is InChI=1S/C18H17N3O6S/c1-8-3-4-10-12(7-8)28-17-14(10)16(22)19-15(20-17)9(2)26-18(23)11-5-6-13(27-11)21(24)25/h5-6,8-9H,3-4,7H2,1-2H3,(H,19,20,22)/t8-,9-/m1/s1. The molecular weight excluding hydrogens is 386 g/mol. The molecule has 0 aromatic carbocycles. The molecule has 0 radical (unpaired) electrons. The highest BCUT2D eigenvalue weighted by Gasteiger charge is 2.25. The minimum Gasteiger partial charge on any atom is -0.449 e. The second kappa shape index (κ2) is 6.86. The maximum Gasteiger partial charge on any atom is 0.433 e. The Kier molecular flexibility index (Phi) is 4.50. The van der Waals surface area contributed by atoms with Crippen LogP contribution in [-0.2, 0) is 17.6 Å². The van der Waals surface area contributed by atoms with Gasteiger partial charge >= 0.3 is 11.9 Å². The molecule has 28 heavy (non-hydrogen) atoms. The van der Waals surface area contributed by atoms with E-state index in [2.05, 4.69) is 16.9 Å². The zero-order chi connectivity index (χ0) is 20.0. The Morgan fingerprint density at radius 2 is 2.29 bits per heavy atom. The molecule has 3 aromatic rings. The highest BCUT2D eigenvalue weighted by Crippen LogP contribution is 2.36. The fourth-order valence-corrected chi connectivity index (χ4v) is 4.76. The van der Waals surface area contributed by atoms with E-state index < -0.39 is 22.9 Å². The Balaban J connectivity index is 1.60. The van der Waals surface area contributed by atoms with Gasteiger partial charge in [-0.25, -0.2) is 9.78 Å². The lowest BCUT2D eigenvalue weighted by Crippen LogP contribution is -2.18. The maximum atomic E-state index is 12.6. The second-order valence-corrected chi connectivity index (χ2v) is 8.01.